The maximum Gasteiger partial charge on any atom is 0.264 e. The molecular weight excluding hydrogens is 433 g/mol. The fourth-order valence-corrected chi connectivity index (χ4v) is 5.65. The van der Waals surface area contributed by atoms with Crippen LogP contribution in [0.15, 0.2) is 77.7 Å². The Hall–Kier alpha value is -2.97. The van der Waals surface area contributed by atoms with Crippen LogP contribution in [0.1, 0.15) is 18.9 Å². The first-order valence-corrected chi connectivity index (χ1v) is 11.8. The van der Waals surface area contributed by atoms with Gasteiger partial charge in [0.2, 0.25) is 0 Å². The molecule has 1 heterocycles. The molecule has 0 radical (unpaired) electrons. The Morgan fingerprint density at radius 1 is 1.00 bits per heavy atom. The van der Waals surface area contributed by atoms with Crippen LogP contribution in [0.25, 0.3) is 0 Å². The molecule has 0 saturated carbocycles. The fourth-order valence-electron chi connectivity index (χ4n) is 3.69. The molecule has 0 aromatic heterocycles. The van der Waals surface area contributed by atoms with Crippen LogP contribution in [0, 0.1) is 5.82 Å². The number of anilines is 3. The molecule has 1 aliphatic rings. The van der Waals surface area contributed by atoms with E-state index in [1.807, 2.05) is 37.3 Å². The summed E-state index contributed by atoms with van der Waals surface area (Å²) in [5.41, 5.74) is 2.77. The second-order valence-corrected chi connectivity index (χ2v) is 9.65. The van der Waals surface area contributed by atoms with Gasteiger partial charge in [-0.25, -0.2) is 12.8 Å². The molecule has 1 atom stereocenters. The summed E-state index contributed by atoms with van der Waals surface area (Å²) in [6, 6.07) is 20.0. The van der Waals surface area contributed by atoms with Crippen molar-refractivity contribution in [1.29, 1.82) is 0 Å². The molecular formula is C23H22FN3O2S2. The molecule has 4 rings (SSSR count). The van der Waals surface area contributed by atoms with E-state index in [-0.39, 0.29) is 16.8 Å². The molecule has 0 spiro atoms. The summed E-state index contributed by atoms with van der Waals surface area (Å²) in [7, 11) is -3.80. The highest BCUT2D eigenvalue weighted by Gasteiger charge is 2.33. The summed E-state index contributed by atoms with van der Waals surface area (Å²) in [6.07, 6.45) is 1.28. The van der Waals surface area contributed by atoms with Crippen molar-refractivity contribution in [3.63, 3.8) is 0 Å². The van der Waals surface area contributed by atoms with Gasteiger partial charge >= 0.3 is 0 Å². The largest absolute Gasteiger partial charge is 0.332 e. The number of thiocarbonyl (C=S) groups is 1. The molecule has 31 heavy (non-hydrogen) atoms. The number of aryl methyl sites for hydroxylation is 1. The molecule has 0 amide bonds. The second kappa shape index (κ2) is 8.64. The van der Waals surface area contributed by atoms with Crippen LogP contribution in [0.2, 0.25) is 0 Å². The maximum atomic E-state index is 13.6. The van der Waals surface area contributed by atoms with Crippen LogP contribution in [0.3, 0.4) is 0 Å². The molecule has 0 bridgehead atoms. The van der Waals surface area contributed by atoms with Crippen LogP contribution in [0.4, 0.5) is 21.5 Å². The number of rotatable bonds is 4. The van der Waals surface area contributed by atoms with Crippen LogP contribution >= 0.6 is 12.2 Å². The lowest BCUT2D eigenvalue weighted by atomic mass is 9.99. The Morgan fingerprint density at radius 3 is 2.32 bits per heavy atom. The normalized spacial score (nSPS) is 15.8. The van der Waals surface area contributed by atoms with Gasteiger partial charge in [0.15, 0.2) is 5.11 Å². The van der Waals surface area contributed by atoms with E-state index < -0.39 is 10.0 Å². The fraction of sp³-hybridized carbons (Fsp3) is 0.174. The minimum Gasteiger partial charge on any atom is -0.332 e. The Bertz CT molecular complexity index is 1200. The summed E-state index contributed by atoms with van der Waals surface area (Å²) < 4.78 is 41.8. The van der Waals surface area contributed by atoms with Crippen LogP contribution < -0.4 is 14.9 Å². The Morgan fingerprint density at radius 2 is 1.65 bits per heavy atom. The lowest BCUT2D eigenvalue weighted by Gasteiger charge is -2.36. The molecule has 1 aliphatic heterocycles. The first-order chi connectivity index (χ1) is 14.8. The average molecular weight is 456 g/mol. The number of hydrogen-bond donors (Lipinski definition) is 2. The van der Waals surface area contributed by atoms with Crippen LogP contribution in [0.5, 0.6) is 0 Å². The first-order valence-electron chi connectivity index (χ1n) is 9.90. The van der Waals surface area contributed by atoms with Crippen molar-refractivity contribution in [3.05, 3.63) is 84.2 Å². The van der Waals surface area contributed by atoms with Gasteiger partial charge in [0.05, 0.1) is 10.6 Å². The third-order valence-electron chi connectivity index (χ3n) is 5.21. The van der Waals surface area contributed by atoms with E-state index in [1.54, 1.807) is 30.3 Å². The van der Waals surface area contributed by atoms with Crippen molar-refractivity contribution >= 4 is 44.4 Å². The van der Waals surface area contributed by atoms with Gasteiger partial charge in [0.1, 0.15) is 5.82 Å². The van der Waals surface area contributed by atoms with Gasteiger partial charge in [0.25, 0.3) is 10.0 Å². The zero-order valence-corrected chi connectivity index (χ0v) is 18.5. The van der Waals surface area contributed by atoms with Crippen molar-refractivity contribution < 1.29 is 12.8 Å². The number of benzene rings is 3. The summed E-state index contributed by atoms with van der Waals surface area (Å²) in [4.78, 5) is 0.170. The van der Waals surface area contributed by atoms with Crippen molar-refractivity contribution in [3.8, 4) is 0 Å². The summed E-state index contributed by atoms with van der Waals surface area (Å²) in [5.74, 6) is -0.360. The van der Waals surface area contributed by atoms with Crippen molar-refractivity contribution in [2.24, 2.45) is 0 Å². The zero-order chi connectivity index (χ0) is 22.0. The molecule has 5 nitrogen and oxygen atoms in total. The van der Waals surface area contributed by atoms with Crippen LogP contribution in [-0.2, 0) is 16.4 Å². The van der Waals surface area contributed by atoms with Gasteiger partial charge in [-0.2, -0.15) is 0 Å². The minimum absolute atomic E-state index is 0.170. The second-order valence-electron chi connectivity index (χ2n) is 7.43. The van der Waals surface area contributed by atoms with E-state index in [4.69, 9.17) is 12.2 Å². The molecule has 3 aromatic rings. The monoisotopic (exact) mass is 455 g/mol. The Kier molecular flexibility index (Phi) is 5.93. The van der Waals surface area contributed by atoms with E-state index in [9.17, 15) is 12.8 Å². The number of nitrogens with zero attached hydrogens (tertiary/aromatic N) is 1. The molecule has 8 heteroatoms. The Balaban J connectivity index is 1.54. The van der Waals surface area contributed by atoms with Gasteiger partial charge in [-0.15, -0.1) is 0 Å². The molecule has 0 unspecified atom stereocenters. The van der Waals surface area contributed by atoms with E-state index >= 15 is 0 Å². The van der Waals surface area contributed by atoms with Gasteiger partial charge in [-0.1, -0.05) is 18.2 Å². The number of halogens is 1. The third kappa shape index (κ3) is 4.55. The maximum absolute atomic E-state index is 13.6. The number of fused-ring (bicyclic) bond motifs is 1. The van der Waals surface area contributed by atoms with Crippen molar-refractivity contribution in [1.82, 2.24) is 0 Å². The molecule has 160 valence electrons. The number of sulfonamides is 1. The van der Waals surface area contributed by atoms with Crippen LogP contribution in [-0.4, -0.2) is 19.6 Å². The van der Waals surface area contributed by atoms with Gasteiger partial charge in [-0.05, 0) is 92.1 Å². The predicted molar refractivity (Wildman–Crippen MR) is 127 cm³/mol. The average Bonchev–Trinajstić information content (AvgIpc) is 2.74. The predicted octanol–water partition coefficient (Wildman–Crippen LogP) is 5.16. The van der Waals surface area contributed by atoms with Gasteiger partial charge in [0, 0.05) is 17.4 Å². The smallest absolute Gasteiger partial charge is 0.264 e. The van der Waals surface area contributed by atoms with E-state index in [2.05, 4.69) is 10.6 Å². The van der Waals surface area contributed by atoms with Gasteiger partial charge in [-0.3, -0.25) is 4.31 Å². The van der Waals surface area contributed by atoms with E-state index in [0.717, 1.165) is 5.69 Å². The zero-order valence-electron chi connectivity index (χ0n) is 16.9. The Labute approximate surface area is 187 Å². The summed E-state index contributed by atoms with van der Waals surface area (Å²) in [6.45, 7) is 1.87. The van der Waals surface area contributed by atoms with E-state index in [0.29, 0.717) is 34.9 Å². The van der Waals surface area contributed by atoms with Gasteiger partial charge < -0.3 is 10.6 Å². The quantitative estimate of drug-likeness (QED) is 0.532. The van der Waals surface area contributed by atoms with E-state index in [1.165, 1.54) is 16.4 Å². The molecule has 0 aliphatic carbocycles. The minimum atomic E-state index is -3.80. The summed E-state index contributed by atoms with van der Waals surface area (Å²) in [5, 5.41) is 6.53. The number of hydrogen-bond acceptors (Lipinski definition) is 3. The molecule has 2 N–H and O–H groups in total. The lowest BCUT2D eigenvalue weighted by Crippen LogP contribution is -2.42. The molecule has 3 aromatic carbocycles. The third-order valence-corrected chi connectivity index (χ3v) is 7.36. The van der Waals surface area contributed by atoms with Crippen molar-refractivity contribution in [2.45, 2.75) is 30.7 Å². The standard InChI is InChI=1S/C23H22FN3O2S2/c1-16-7-8-17-15-18(24)9-14-22(17)27(16)31(28,29)21-12-10-20(11-13-21)26-23(30)25-19-5-3-2-4-6-19/h2-6,9-16H,7-8H2,1H3,(H2,25,26,30)/t16-/m1/s1. The highest BCUT2D eigenvalue weighted by molar-refractivity contribution is 7.92. The van der Waals surface area contributed by atoms with Crippen molar-refractivity contribution in [2.75, 3.05) is 14.9 Å². The topological polar surface area (TPSA) is 61.4 Å². The highest BCUT2D eigenvalue weighted by Crippen LogP contribution is 2.35. The number of para-hydroxylation sites is 1. The first kappa shape index (κ1) is 21.3. The molecule has 0 saturated heterocycles. The highest BCUT2D eigenvalue weighted by atomic mass is 32.2. The SMILES string of the molecule is C[C@@H]1CCc2cc(F)ccc2N1S(=O)(=O)c1ccc(NC(=S)Nc2ccccc2)cc1. The summed E-state index contributed by atoms with van der Waals surface area (Å²) >= 11 is 5.32. The number of nitrogens with one attached hydrogen (secondary N) is 2. The molecule has 0 fully saturated rings. The lowest BCUT2D eigenvalue weighted by molar-refractivity contribution is 0.560.